The Kier molecular flexibility index (Phi) is 6.25. The monoisotopic (exact) mass is 264 g/mol. The number of nitrogens with zero attached hydrogens (tertiary/aromatic N) is 2. The summed E-state index contributed by atoms with van der Waals surface area (Å²) < 4.78 is 0. The van der Waals surface area contributed by atoms with Gasteiger partial charge in [-0.1, -0.05) is 13.8 Å². The molecular formula is C14H24N4O. The van der Waals surface area contributed by atoms with Gasteiger partial charge in [0.05, 0.1) is 0 Å². The molecule has 1 atom stereocenters. The second kappa shape index (κ2) is 7.71. The number of rotatable bonds is 7. The van der Waals surface area contributed by atoms with Crippen LogP contribution in [-0.2, 0) is 0 Å². The van der Waals surface area contributed by atoms with E-state index in [2.05, 4.69) is 34.7 Å². The van der Waals surface area contributed by atoms with Gasteiger partial charge >= 0.3 is 0 Å². The summed E-state index contributed by atoms with van der Waals surface area (Å²) in [6.45, 7) is 9.14. The molecule has 1 amide bonds. The van der Waals surface area contributed by atoms with Crippen LogP contribution in [0.4, 0.5) is 5.82 Å². The van der Waals surface area contributed by atoms with E-state index in [1.807, 2.05) is 13.8 Å². The topological polar surface area (TPSA) is 66.9 Å². The number of carbonyl (C=O) groups is 1. The second-order valence-corrected chi connectivity index (χ2v) is 5.18. The van der Waals surface area contributed by atoms with Gasteiger partial charge in [0.2, 0.25) is 0 Å². The van der Waals surface area contributed by atoms with Gasteiger partial charge in [-0.05, 0) is 44.7 Å². The van der Waals surface area contributed by atoms with Gasteiger partial charge in [0, 0.05) is 12.6 Å². The van der Waals surface area contributed by atoms with Crippen LogP contribution < -0.4 is 10.6 Å². The molecule has 0 aliphatic heterocycles. The maximum atomic E-state index is 11.9. The van der Waals surface area contributed by atoms with Gasteiger partial charge in [-0.25, -0.2) is 0 Å². The fourth-order valence-electron chi connectivity index (χ4n) is 1.68. The molecule has 1 heterocycles. The molecular weight excluding hydrogens is 240 g/mol. The van der Waals surface area contributed by atoms with Gasteiger partial charge in [-0.3, -0.25) is 4.79 Å². The van der Waals surface area contributed by atoms with Gasteiger partial charge in [-0.15, -0.1) is 10.2 Å². The molecule has 0 aliphatic carbocycles. The summed E-state index contributed by atoms with van der Waals surface area (Å²) in [7, 11) is 0. The Morgan fingerprint density at radius 1 is 1.21 bits per heavy atom. The lowest BCUT2D eigenvalue weighted by Crippen LogP contribution is -2.33. The summed E-state index contributed by atoms with van der Waals surface area (Å²) in [5, 5.41) is 13.9. The number of amides is 1. The van der Waals surface area contributed by atoms with Crippen LogP contribution in [0.5, 0.6) is 0 Å². The lowest BCUT2D eigenvalue weighted by atomic mass is 10.0. The number of aromatic nitrogens is 2. The summed E-state index contributed by atoms with van der Waals surface area (Å²) in [5.41, 5.74) is 0.359. The highest BCUT2D eigenvalue weighted by atomic mass is 16.2. The maximum Gasteiger partial charge on any atom is 0.272 e. The second-order valence-electron chi connectivity index (χ2n) is 5.18. The highest BCUT2D eigenvalue weighted by molar-refractivity contribution is 5.92. The quantitative estimate of drug-likeness (QED) is 0.794. The molecule has 0 bridgehead atoms. The predicted octanol–water partition coefficient (Wildman–Crippen LogP) is 2.46. The van der Waals surface area contributed by atoms with E-state index in [0.29, 0.717) is 17.4 Å². The molecule has 1 unspecified atom stereocenters. The van der Waals surface area contributed by atoms with Crippen molar-refractivity contribution < 1.29 is 4.79 Å². The minimum absolute atomic E-state index is 0.158. The van der Waals surface area contributed by atoms with E-state index in [1.165, 1.54) is 0 Å². The van der Waals surface area contributed by atoms with Crippen molar-refractivity contribution in [3.05, 3.63) is 17.8 Å². The van der Waals surface area contributed by atoms with Crippen molar-refractivity contribution >= 4 is 11.7 Å². The Morgan fingerprint density at radius 3 is 2.47 bits per heavy atom. The van der Waals surface area contributed by atoms with Gasteiger partial charge in [-0.2, -0.15) is 0 Å². The van der Waals surface area contributed by atoms with E-state index in [4.69, 9.17) is 0 Å². The Labute approximate surface area is 115 Å². The lowest BCUT2D eigenvalue weighted by molar-refractivity contribution is 0.0931. The van der Waals surface area contributed by atoms with Crippen molar-refractivity contribution in [2.24, 2.45) is 5.92 Å². The van der Waals surface area contributed by atoms with Crippen LogP contribution in [0.15, 0.2) is 12.1 Å². The van der Waals surface area contributed by atoms with Crippen LogP contribution in [0.25, 0.3) is 0 Å². The maximum absolute atomic E-state index is 11.9. The average molecular weight is 264 g/mol. The van der Waals surface area contributed by atoms with Gasteiger partial charge < -0.3 is 10.6 Å². The first-order chi connectivity index (χ1) is 9.02. The third-order valence-corrected chi connectivity index (χ3v) is 2.81. The first-order valence-electron chi connectivity index (χ1n) is 6.91. The molecule has 1 aromatic rings. The molecule has 5 nitrogen and oxygen atoms in total. The minimum Gasteiger partial charge on any atom is -0.369 e. The van der Waals surface area contributed by atoms with E-state index >= 15 is 0 Å². The molecule has 1 rings (SSSR count). The molecule has 106 valence electrons. The molecule has 0 aliphatic rings. The third-order valence-electron chi connectivity index (χ3n) is 2.81. The Bertz CT molecular complexity index is 389. The largest absolute Gasteiger partial charge is 0.369 e. The standard InChI is InChI=1S/C14H24N4O/c1-5-15-13-9-8-12(17-18-13)14(19)16-11(4)7-6-10(2)3/h8-11H,5-7H2,1-4H3,(H,15,18)(H,16,19). The molecule has 0 saturated carbocycles. The van der Waals surface area contributed by atoms with Crippen LogP contribution in [0.2, 0.25) is 0 Å². The Hall–Kier alpha value is -1.65. The molecule has 0 fully saturated rings. The van der Waals surface area contributed by atoms with E-state index in [1.54, 1.807) is 12.1 Å². The molecule has 19 heavy (non-hydrogen) atoms. The molecule has 1 aromatic heterocycles. The van der Waals surface area contributed by atoms with Crippen molar-refractivity contribution in [3.63, 3.8) is 0 Å². The van der Waals surface area contributed by atoms with Gasteiger partial charge in [0.15, 0.2) is 5.69 Å². The van der Waals surface area contributed by atoms with Crippen LogP contribution >= 0.6 is 0 Å². The predicted molar refractivity (Wildman–Crippen MR) is 77.2 cm³/mol. The van der Waals surface area contributed by atoms with Crippen molar-refractivity contribution in [1.82, 2.24) is 15.5 Å². The normalized spacial score (nSPS) is 12.3. The number of nitrogens with one attached hydrogen (secondary N) is 2. The molecule has 0 spiro atoms. The zero-order valence-corrected chi connectivity index (χ0v) is 12.2. The van der Waals surface area contributed by atoms with E-state index < -0.39 is 0 Å². The molecule has 2 N–H and O–H groups in total. The number of hydrogen-bond acceptors (Lipinski definition) is 4. The molecule has 5 heteroatoms. The van der Waals surface area contributed by atoms with Crippen LogP contribution in [-0.4, -0.2) is 28.7 Å². The minimum atomic E-state index is -0.160. The summed E-state index contributed by atoms with van der Waals surface area (Å²) in [5.74, 6) is 1.18. The van der Waals surface area contributed by atoms with Crippen molar-refractivity contribution in [3.8, 4) is 0 Å². The highest BCUT2D eigenvalue weighted by Crippen LogP contribution is 2.07. The number of hydrogen-bond donors (Lipinski definition) is 2. The van der Waals surface area contributed by atoms with Crippen molar-refractivity contribution in [1.29, 1.82) is 0 Å². The van der Waals surface area contributed by atoms with Crippen LogP contribution in [0.3, 0.4) is 0 Å². The summed E-state index contributed by atoms with van der Waals surface area (Å²) in [6, 6.07) is 3.62. The van der Waals surface area contributed by atoms with Crippen molar-refractivity contribution in [2.75, 3.05) is 11.9 Å². The first kappa shape index (κ1) is 15.4. The van der Waals surface area contributed by atoms with E-state index in [0.717, 1.165) is 19.4 Å². The number of anilines is 1. The van der Waals surface area contributed by atoms with E-state index in [-0.39, 0.29) is 11.9 Å². The fraction of sp³-hybridized carbons (Fsp3) is 0.643. The smallest absolute Gasteiger partial charge is 0.272 e. The summed E-state index contributed by atoms with van der Waals surface area (Å²) >= 11 is 0. The van der Waals surface area contributed by atoms with Crippen LogP contribution in [0, 0.1) is 5.92 Å². The average Bonchev–Trinajstić information content (AvgIpc) is 2.37. The van der Waals surface area contributed by atoms with Gasteiger partial charge in [0.1, 0.15) is 5.82 Å². The summed E-state index contributed by atoms with van der Waals surface area (Å²) in [6.07, 6.45) is 2.08. The molecule has 0 saturated heterocycles. The number of carbonyl (C=O) groups excluding carboxylic acids is 1. The Balaban J connectivity index is 2.48. The third kappa shape index (κ3) is 5.68. The lowest BCUT2D eigenvalue weighted by Gasteiger charge is -2.14. The van der Waals surface area contributed by atoms with Gasteiger partial charge in [0.25, 0.3) is 5.91 Å². The first-order valence-corrected chi connectivity index (χ1v) is 6.91. The van der Waals surface area contributed by atoms with Crippen molar-refractivity contribution in [2.45, 2.75) is 46.6 Å². The van der Waals surface area contributed by atoms with Crippen LogP contribution in [0.1, 0.15) is 51.0 Å². The Morgan fingerprint density at radius 2 is 1.95 bits per heavy atom. The zero-order valence-electron chi connectivity index (χ0n) is 12.2. The summed E-state index contributed by atoms with van der Waals surface area (Å²) in [4.78, 5) is 11.9. The van der Waals surface area contributed by atoms with E-state index in [9.17, 15) is 4.79 Å². The SMILES string of the molecule is CCNc1ccc(C(=O)NC(C)CCC(C)C)nn1. The fourth-order valence-corrected chi connectivity index (χ4v) is 1.68. The molecule has 0 radical (unpaired) electrons. The molecule has 0 aromatic carbocycles. The zero-order chi connectivity index (χ0) is 14.3. The highest BCUT2D eigenvalue weighted by Gasteiger charge is 2.12.